The maximum Gasteiger partial charge on any atom is 0.355 e. The molecule has 2 rings (SSSR count). The van der Waals surface area contributed by atoms with Gasteiger partial charge in [-0.05, 0) is 19.7 Å². The Morgan fingerprint density at radius 1 is 1.29 bits per heavy atom. The number of rotatable bonds is 5. The number of carbonyl (C=O) groups is 2. The SMILES string of the molecule is CNC(=O)C(F)(F)C1(O)CN(C(=O)C(c2ccccc2)N(C)C)C1. The molecule has 1 unspecified atom stereocenters. The molecule has 6 nitrogen and oxygen atoms in total. The van der Waals surface area contributed by atoms with Crippen LogP contribution in [0.2, 0.25) is 0 Å². The minimum absolute atomic E-state index is 0.399. The van der Waals surface area contributed by atoms with Gasteiger partial charge < -0.3 is 15.3 Å². The van der Waals surface area contributed by atoms with Gasteiger partial charge in [-0.3, -0.25) is 14.5 Å². The Morgan fingerprint density at radius 3 is 2.29 bits per heavy atom. The van der Waals surface area contributed by atoms with E-state index in [1.165, 1.54) is 0 Å². The molecule has 0 radical (unpaired) electrons. The van der Waals surface area contributed by atoms with Gasteiger partial charge in [-0.15, -0.1) is 0 Å². The number of nitrogens with one attached hydrogen (secondary N) is 1. The lowest BCUT2D eigenvalue weighted by Gasteiger charge is -2.50. The smallest absolute Gasteiger partial charge is 0.355 e. The predicted octanol–water partition coefficient (Wildman–Crippen LogP) is 0.244. The quantitative estimate of drug-likeness (QED) is 0.805. The average molecular weight is 341 g/mol. The van der Waals surface area contributed by atoms with Crippen LogP contribution >= 0.6 is 0 Å². The van der Waals surface area contributed by atoms with Gasteiger partial charge in [0.25, 0.3) is 5.91 Å². The fraction of sp³-hybridized carbons (Fsp3) is 0.500. The maximum absolute atomic E-state index is 14.0. The Morgan fingerprint density at radius 2 is 1.83 bits per heavy atom. The molecule has 0 aromatic heterocycles. The lowest BCUT2D eigenvalue weighted by Crippen LogP contribution is -2.74. The van der Waals surface area contributed by atoms with Crippen molar-refractivity contribution in [3.05, 3.63) is 35.9 Å². The van der Waals surface area contributed by atoms with Gasteiger partial charge in [-0.1, -0.05) is 30.3 Å². The number of aliphatic hydroxyl groups is 1. The van der Waals surface area contributed by atoms with Crippen LogP contribution < -0.4 is 5.32 Å². The minimum atomic E-state index is -3.96. The number of nitrogens with zero attached hydrogens (tertiary/aromatic N) is 2. The topological polar surface area (TPSA) is 72.9 Å². The van der Waals surface area contributed by atoms with E-state index >= 15 is 0 Å². The van der Waals surface area contributed by atoms with Crippen molar-refractivity contribution < 1.29 is 23.5 Å². The number of likely N-dealkylation sites (N-methyl/N-ethyl adjacent to an activating group) is 1. The number of benzene rings is 1. The van der Waals surface area contributed by atoms with Crippen LogP contribution in [-0.2, 0) is 9.59 Å². The van der Waals surface area contributed by atoms with Gasteiger partial charge in [0.1, 0.15) is 6.04 Å². The van der Waals surface area contributed by atoms with Gasteiger partial charge in [0, 0.05) is 7.05 Å². The van der Waals surface area contributed by atoms with E-state index in [0.29, 0.717) is 0 Å². The second kappa shape index (κ2) is 6.45. The van der Waals surface area contributed by atoms with Crippen molar-refractivity contribution in [1.29, 1.82) is 0 Å². The fourth-order valence-corrected chi connectivity index (χ4v) is 2.78. The lowest BCUT2D eigenvalue weighted by molar-refractivity contribution is -0.234. The number of likely N-dealkylation sites (tertiary alicyclic amines) is 1. The van der Waals surface area contributed by atoms with Gasteiger partial charge in [0.05, 0.1) is 13.1 Å². The number of amides is 2. The van der Waals surface area contributed by atoms with Crippen LogP contribution in [0.4, 0.5) is 8.78 Å². The van der Waals surface area contributed by atoms with Crippen LogP contribution in [0.3, 0.4) is 0 Å². The number of halogens is 2. The largest absolute Gasteiger partial charge is 0.379 e. The van der Waals surface area contributed by atoms with E-state index in [4.69, 9.17) is 0 Å². The predicted molar refractivity (Wildman–Crippen MR) is 83.4 cm³/mol. The molecule has 1 atom stereocenters. The van der Waals surface area contributed by atoms with E-state index in [2.05, 4.69) is 0 Å². The molecule has 1 aliphatic heterocycles. The molecular formula is C16H21F2N3O3. The van der Waals surface area contributed by atoms with E-state index in [9.17, 15) is 23.5 Å². The summed E-state index contributed by atoms with van der Waals surface area (Å²) in [6.07, 6.45) is 0. The molecular weight excluding hydrogens is 320 g/mol. The second-order valence-electron chi connectivity index (χ2n) is 6.16. The highest BCUT2D eigenvalue weighted by Crippen LogP contribution is 2.38. The van der Waals surface area contributed by atoms with Crippen molar-refractivity contribution in [3.8, 4) is 0 Å². The Kier molecular flexibility index (Phi) is 4.91. The first-order chi connectivity index (χ1) is 11.1. The Labute approximate surface area is 139 Å². The van der Waals surface area contributed by atoms with Crippen LogP contribution in [0, 0.1) is 0 Å². The van der Waals surface area contributed by atoms with Crippen molar-refractivity contribution in [1.82, 2.24) is 15.1 Å². The fourth-order valence-electron chi connectivity index (χ4n) is 2.78. The van der Waals surface area contributed by atoms with E-state index < -0.39 is 42.5 Å². The summed E-state index contributed by atoms with van der Waals surface area (Å²) < 4.78 is 27.9. The zero-order valence-corrected chi connectivity index (χ0v) is 13.8. The highest BCUT2D eigenvalue weighted by Gasteiger charge is 2.65. The third kappa shape index (κ3) is 2.99. The highest BCUT2D eigenvalue weighted by molar-refractivity contribution is 5.87. The number of β-amino-alcohol motifs (C(OH)–C–C–N with tert-alkyl or cyclic N) is 1. The summed E-state index contributed by atoms with van der Waals surface area (Å²) in [4.78, 5) is 26.7. The van der Waals surface area contributed by atoms with Crippen molar-refractivity contribution in [2.75, 3.05) is 34.2 Å². The summed E-state index contributed by atoms with van der Waals surface area (Å²) in [6.45, 7) is -1.19. The molecule has 8 heteroatoms. The third-order valence-electron chi connectivity index (χ3n) is 4.18. The second-order valence-corrected chi connectivity index (χ2v) is 6.16. The monoisotopic (exact) mass is 341 g/mol. The minimum Gasteiger partial charge on any atom is -0.379 e. The number of alkyl halides is 2. The average Bonchev–Trinajstić information content (AvgIpc) is 2.51. The number of carbonyl (C=O) groups excluding carboxylic acids is 2. The molecule has 0 bridgehead atoms. The molecule has 2 N–H and O–H groups in total. The summed E-state index contributed by atoms with van der Waals surface area (Å²) in [6, 6.07) is 8.27. The molecule has 1 fully saturated rings. The molecule has 2 amide bonds. The molecule has 1 saturated heterocycles. The third-order valence-corrected chi connectivity index (χ3v) is 4.18. The molecule has 1 heterocycles. The first-order valence-corrected chi connectivity index (χ1v) is 7.46. The maximum atomic E-state index is 14.0. The standard InChI is InChI=1S/C16H21F2N3O3/c1-19-14(23)16(17,18)15(24)9-21(10-15)13(22)12(20(2)3)11-7-5-4-6-8-11/h4-8,12,24H,9-10H2,1-3H3,(H,19,23). The Balaban J connectivity index is 2.14. The van der Waals surface area contributed by atoms with Crippen molar-refractivity contribution in [2.45, 2.75) is 17.6 Å². The summed E-state index contributed by atoms with van der Waals surface area (Å²) in [5, 5.41) is 11.9. The summed E-state index contributed by atoms with van der Waals surface area (Å²) in [5.41, 5.74) is -1.82. The van der Waals surface area contributed by atoms with Crippen LogP contribution in [0.25, 0.3) is 0 Å². The van der Waals surface area contributed by atoms with E-state index in [1.807, 2.05) is 11.4 Å². The molecule has 1 aliphatic rings. The number of hydrogen-bond donors (Lipinski definition) is 2. The van der Waals surface area contributed by atoms with Crippen LogP contribution in [0.5, 0.6) is 0 Å². The molecule has 0 saturated carbocycles. The lowest BCUT2D eigenvalue weighted by atomic mass is 9.85. The van der Waals surface area contributed by atoms with Gasteiger partial charge in [0.2, 0.25) is 5.91 Å². The summed E-state index contributed by atoms with van der Waals surface area (Å²) in [5.74, 6) is -5.92. The first kappa shape index (κ1) is 18.3. The van der Waals surface area contributed by atoms with Gasteiger partial charge >= 0.3 is 5.92 Å². The first-order valence-electron chi connectivity index (χ1n) is 7.46. The van der Waals surface area contributed by atoms with E-state index in [1.54, 1.807) is 43.3 Å². The van der Waals surface area contributed by atoms with E-state index in [0.717, 1.165) is 17.5 Å². The van der Waals surface area contributed by atoms with Gasteiger partial charge in [0.15, 0.2) is 5.60 Å². The zero-order chi connectivity index (χ0) is 18.1. The molecule has 0 spiro atoms. The summed E-state index contributed by atoms with van der Waals surface area (Å²) in [7, 11) is 4.49. The molecule has 24 heavy (non-hydrogen) atoms. The Bertz CT molecular complexity index is 616. The van der Waals surface area contributed by atoms with Crippen molar-refractivity contribution in [2.24, 2.45) is 0 Å². The van der Waals surface area contributed by atoms with Crippen LogP contribution in [-0.4, -0.2) is 72.5 Å². The number of hydrogen-bond acceptors (Lipinski definition) is 4. The summed E-state index contributed by atoms with van der Waals surface area (Å²) >= 11 is 0. The van der Waals surface area contributed by atoms with Crippen LogP contribution in [0.15, 0.2) is 30.3 Å². The van der Waals surface area contributed by atoms with Gasteiger partial charge in [-0.25, -0.2) is 0 Å². The van der Waals surface area contributed by atoms with E-state index in [-0.39, 0.29) is 0 Å². The molecule has 1 aromatic rings. The highest BCUT2D eigenvalue weighted by atomic mass is 19.3. The normalized spacial score (nSPS) is 18.0. The molecule has 132 valence electrons. The molecule has 1 aromatic carbocycles. The zero-order valence-electron chi connectivity index (χ0n) is 13.8. The Hall–Kier alpha value is -2.06. The van der Waals surface area contributed by atoms with Crippen molar-refractivity contribution >= 4 is 11.8 Å². The van der Waals surface area contributed by atoms with Crippen LogP contribution in [0.1, 0.15) is 11.6 Å². The van der Waals surface area contributed by atoms with Crippen molar-refractivity contribution in [3.63, 3.8) is 0 Å². The molecule has 0 aliphatic carbocycles. The van der Waals surface area contributed by atoms with Gasteiger partial charge in [-0.2, -0.15) is 8.78 Å².